The molecule has 2 saturated heterocycles. The van der Waals surface area contributed by atoms with Crippen LogP contribution in [-0.4, -0.2) is 74.8 Å². The van der Waals surface area contributed by atoms with Gasteiger partial charge in [-0.3, -0.25) is 4.90 Å². The van der Waals surface area contributed by atoms with E-state index in [1.165, 1.54) is 25.7 Å². The molecule has 2 rings (SSSR count). The fourth-order valence-corrected chi connectivity index (χ4v) is 3.26. The average Bonchev–Trinajstić information content (AvgIpc) is 3.04. The van der Waals surface area contributed by atoms with Gasteiger partial charge in [-0.2, -0.15) is 0 Å². The second-order valence-corrected chi connectivity index (χ2v) is 5.63. The van der Waals surface area contributed by atoms with Gasteiger partial charge in [0.2, 0.25) is 0 Å². The maximum absolute atomic E-state index is 10.0. The SMILES string of the molecule is COCCOCC(O)CN1CCCC1C1CCCN1. The van der Waals surface area contributed by atoms with Crippen molar-refractivity contribution in [1.29, 1.82) is 0 Å². The van der Waals surface area contributed by atoms with Crippen LogP contribution in [0.5, 0.6) is 0 Å². The predicted molar refractivity (Wildman–Crippen MR) is 74.3 cm³/mol. The second-order valence-electron chi connectivity index (χ2n) is 5.63. The first kappa shape index (κ1) is 15.2. The monoisotopic (exact) mass is 272 g/mol. The zero-order valence-electron chi connectivity index (χ0n) is 12.0. The molecule has 0 aromatic carbocycles. The summed E-state index contributed by atoms with van der Waals surface area (Å²) in [6, 6.07) is 1.24. The van der Waals surface area contributed by atoms with Gasteiger partial charge in [0.05, 0.1) is 25.9 Å². The van der Waals surface area contributed by atoms with E-state index in [1.54, 1.807) is 7.11 Å². The van der Waals surface area contributed by atoms with Gasteiger partial charge < -0.3 is 19.9 Å². The molecule has 5 heteroatoms. The van der Waals surface area contributed by atoms with E-state index in [0.29, 0.717) is 31.9 Å². The zero-order chi connectivity index (χ0) is 13.5. The van der Waals surface area contributed by atoms with Gasteiger partial charge in [0.25, 0.3) is 0 Å². The number of hydrogen-bond donors (Lipinski definition) is 2. The molecule has 0 spiro atoms. The quantitative estimate of drug-likeness (QED) is 0.619. The number of nitrogens with zero attached hydrogens (tertiary/aromatic N) is 1. The van der Waals surface area contributed by atoms with Crippen LogP contribution in [0.25, 0.3) is 0 Å². The second kappa shape index (κ2) is 8.17. The first-order chi connectivity index (χ1) is 9.31. The van der Waals surface area contributed by atoms with E-state index in [2.05, 4.69) is 10.2 Å². The van der Waals surface area contributed by atoms with E-state index in [0.717, 1.165) is 19.6 Å². The van der Waals surface area contributed by atoms with Crippen molar-refractivity contribution in [2.45, 2.75) is 43.9 Å². The third kappa shape index (κ3) is 4.68. The lowest BCUT2D eigenvalue weighted by atomic mass is 10.0. The van der Waals surface area contributed by atoms with E-state index in [9.17, 15) is 5.11 Å². The molecule has 0 bridgehead atoms. The van der Waals surface area contributed by atoms with E-state index < -0.39 is 0 Å². The maximum Gasteiger partial charge on any atom is 0.0900 e. The van der Waals surface area contributed by atoms with Crippen LogP contribution in [-0.2, 0) is 9.47 Å². The lowest BCUT2D eigenvalue weighted by Gasteiger charge is -2.31. The highest BCUT2D eigenvalue weighted by molar-refractivity contribution is 4.92. The molecule has 0 aromatic rings. The standard InChI is InChI=1S/C14H28N2O3/c1-18-8-9-19-11-12(17)10-16-7-3-5-14(16)13-4-2-6-15-13/h12-15,17H,2-11H2,1H3. The van der Waals surface area contributed by atoms with E-state index >= 15 is 0 Å². The maximum atomic E-state index is 10.0. The van der Waals surface area contributed by atoms with E-state index in [-0.39, 0.29) is 6.10 Å². The number of rotatable bonds is 8. The fraction of sp³-hybridized carbons (Fsp3) is 1.00. The highest BCUT2D eigenvalue weighted by Crippen LogP contribution is 2.24. The van der Waals surface area contributed by atoms with E-state index in [4.69, 9.17) is 9.47 Å². The zero-order valence-corrected chi connectivity index (χ0v) is 12.0. The molecule has 2 fully saturated rings. The molecule has 112 valence electrons. The molecule has 0 aromatic heterocycles. The van der Waals surface area contributed by atoms with E-state index in [1.807, 2.05) is 0 Å². The lowest BCUT2D eigenvalue weighted by molar-refractivity contribution is -0.00359. The lowest BCUT2D eigenvalue weighted by Crippen LogP contribution is -2.47. The summed E-state index contributed by atoms with van der Waals surface area (Å²) < 4.78 is 10.3. The summed E-state index contributed by atoms with van der Waals surface area (Å²) in [7, 11) is 1.66. The predicted octanol–water partition coefficient (Wildman–Crippen LogP) is 0.227. The Morgan fingerprint density at radius 2 is 2.21 bits per heavy atom. The summed E-state index contributed by atoms with van der Waals surface area (Å²) in [5.41, 5.74) is 0. The molecular weight excluding hydrogens is 244 g/mol. The van der Waals surface area contributed by atoms with Crippen molar-refractivity contribution in [2.75, 3.05) is 46.6 Å². The van der Waals surface area contributed by atoms with Crippen LogP contribution in [0.15, 0.2) is 0 Å². The smallest absolute Gasteiger partial charge is 0.0900 e. The number of ether oxygens (including phenoxy) is 2. The summed E-state index contributed by atoms with van der Waals surface area (Å²) in [4.78, 5) is 2.44. The third-order valence-corrected chi connectivity index (χ3v) is 4.16. The molecule has 2 aliphatic heterocycles. The Balaban J connectivity index is 1.68. The minimum absolute atomic E-state index is 0.390. The van der Waals surface area contributed by atoms with Crippen molar-refractivity contribution >= 4 is 0 Å². The van der Waals surface area contributed by atoms with Gasteiger partial charge >= 0.3 is 0 Å². The molecule has 19 heavy (non-hydrogen) atoms. The van der Waals surface area contributed by atoms with Crippen LogP contribution in [0.1, 0.15) is 25.7 Å². The normalized spacial score (nSPS) is 30.0. The molecule has 0 amide bonds. The Labute approximate surface area is 116 Å². The highest BCUT2D eigenvalue weighted by Gasteiger charge is 2.33. The molecule has 0 radical (unpaired) electrons. The molecule has 2 N–H and O–H groups in total. The summed E-state index contributed by atoms with van der Waals surface area (Å²) in [6.45, 7) is 4.54. The van der Waals surface area contributed by atoms with Crippen molar-refractivity contribution in [1.82, 2.24) is 10.2 Å². The average molecular weight is 272 g/mol. The van der Waals surface area contributed by atoms with Crippen molar-refractivity contribution in [3.05, 3.63) is 0 Å². The number of nitrogens with one attached hydrogen (secondary N) is 1. The Bertz CT molecular complexity index is 247. The Kier molecular flexibility index (Phi) is 6.53. The van der Waals surface area contributed by atoms with Gasteiger partial charge in [-0.05, 0) is 38.8 Å². The molecular formula is C14H28N2O3. The van der Waals surface area contributed by atoms with Crippen LogP contribution in [0, 0.1) is 0 Å². The van der Waals surface area contributed by atoms with Gasteiger partial charge in [0.15, 0.2) is 0 Å². The number of likely N-dealkylation sites (tertiary alicyclic amines) is 1. The first-order valence-corrected chi connectivity index (χ1v) is 7.53. The van der Waals surface area contributed by atoms with Gasteiger partial charge in [-0.25, -0.2) is 0 Å². The van der Waals surface area contributed by atoms with Crippen LogP contribution in [0.4, 0.5) is 0 Å². The van der Waals surface area contributed by atoms with Crippen LogP contribution < -0.4 is 5.32 Å². The Hall–Kier alpha value is -0.200. The van der Waals surface area contributed by atoms with Crippen molar-refractivity contribution in [3.8, 4) is 0 Å². The largest absolute Gasteiger partial charge is 0.389 e. The summed E-state index contributed by atoms with van der Waals surface area (Å²) >= 11 is 0. The topological polar surface area (TPSA) is 54.0 Å². The first-order valence-electron chi connectivity index (χ1n) is 7.53. The third-order valence-electron chi connectivity index (χ3n) is 4.16. The molecule has 2 heterocycles. The molecule has 0 saturated carbocycles. The fourth-order valence-electron chi connectivity index (χ4n) is 3.26. The van der Waals surface area contributed by atoms with Gasteiger partial charge in [-0.15, -0.1) is 0 Å². The van der Waals surface area contributed by atoms with Gasteiger partial charge in [0.1, 0.15) is 0 Å². The minimum atomic E-state index is -0.390. The number of aliphatic hydroxyl groups is 1. The van der Waals surface area contributed by atoms with Crippen molar-refractivity contribution < 1.29 is 14.6 Å². The Morgan fingerprint density at radius 3 is 2.95 bits per heavy atom. The number of aliphatic hydroxyl groups excluding tert-OH is 1. The summed E-state index contributed by atoms with van der Waals surface area (Å²) in [5.74, 6) is 0. The highest BCUT2D eigenvalue weighted by atomic mass is 16.5. The number of hydrogen-bond acceptors (Lipinski definition) is 5. The summed E-state index contributed by atoms with van der Waals surface area (Å²) in [6.07, 6.45) is 4.69. The van der Waals surface area contributed by atoms with Crippen LogP contribution >= 0.6 is 0 Å². The number of β-amino-alcohol motifs (C(OH)–C–C–N with tert-alkyl or cyclic N) is 1. The molecule has 3 atom stereocenters. The molecule has 2 aliphatic rings. The minimum Gasteiger partial charge on any atom is -0.389 e. The van der Waals surface area contributed by atoms with Crippen molar-refractivity contribution in [2.24, 2.45) is 0 Å². The molecule has 0 aliphatic carbocycles. The van der Waals surface area contributed by atoms with Gasteiger partial charge in [-0.1, -0.05) is 0 Å². The molecule has 5 nitrogen and oxygen atoms in total. The summed E-state index contributed by atoms with van der Waals surface area (Å²) in [5, 5.41) is 13.6. The van der Waals surface area contributed by atoms with Crippen LogP contribution in [0.3, 0.4) is 0 Å². The number of methoxy groups -OCH3 is 1. The van der Waals surface area contributed by atoms with Crippen molar-refractivity contribution in [3.63, 3.8) is 0 Å². The molecule has 3 unspecified atom stereocenters. The Morgan fingerprint density at radius 1 is 1.32 bits per heavy atom. The van der Waals surface area contributed by atoms with Gasteiger partial charge in [0, 0.05) is 25.7 Å². The van der Waals surface area contributed by atoms with Crippen LogP contribution in [0.2, 0.25) is 0 Å².